The first-order valence-electron chi connectivity index (χ1n) is 13.5. The van der Waals surface area contributed by atoms with Crippen LogP contribution < -0.4 is 0 Å². The molecule has 174 valence electrons. The Morgan fingerprint density at radius 3 is 1.90 bits per heavy atom. The van der Waals surface area contributed by atoms with Crippen molar-refractivity contribution in [1.82, 2.24) is 0 Å². The number of carbonyl (C=O) groups excluding carboxylic acids is 1. The summed E-state index contributed by atoms with van der Waals surface area (Å²) in [5.74, 6) is 3.79. The number of hydrogen-bond acceptors (Lipinski definition) is 2. The molecular weight excluding hydrogens is 380 g/mol. The van der Waals surface area contributed by atoms with Crippen LogP contribution in [-0.4, -0.2) is 12.6 Å². The van der Waals surface area contributed by atoms with Crippen LogP contribution in [-0.2, 0) is 11.2 Å². The number of hydrogen-bond donors (Lipinski definition) is 0. The minimum Gasteiger partial charge on any atom is -0.462 e. The highest BCUT2D eigenvalue weighted by Crippen LogP contribution is 2.43. The first-order valence-corrected chi connectivity index (χ1v) is 13.5. The summed E-state index contributed by atoms with van der Waals surface area (Å²) in [6.45, 7) is 4.84. The van der Waals surface area contributed by atoms with Crippen molar-refractivity contribution in [3.05, 3.63) is 35.4 Å². The number of benzene rings is 1. The summed E-state index contributed by atoms with van der Waals surface area (Å²) in [4.78, 5) is 11.9. The Kier molecular flexibility index (Phi) is 10.4. The number of rotatable bonds is 11. The first-order chi connectivity index (χ1) is 15.2. The SMILES string of the molecule is CCCCCC1CCC(C2CCC(CCc3ccc(C(=O)OCCC)cc3)CC2)CC1. The normalized spacial score (nSPS) is 26.5. The fourth-order valence-electron chi connectivity index (χ4n) is 6.04. The zero-order valence-electron chi connectivity index (χ0n) is 20.2. The largest absolute Gasteiger partial charge is 0.462 e. The molecule has 3 rings (SSSR count). The molecule has 0 bridgehead atoms. The van der Waals surface area contributed by atoms with Crippen LogP contribution in [0.5, 0.6) is 0 Å². The maximum atomic E-state index is 11.9. The molecule has 1 aromatic carbocycles. The minimum absolute atomic E-state index is 0.193. The van der Waals surface area contributed by atoms with Gasteiger partial charge in [-0.3, -0.25) is 0 Å². The Balaban J connectivity index is 1.32. The lowest BCUT2D eigenvalue weighted by Crippen LogP contribution is -2.26. The van der Waals surface area contributed by atoms with Gasteiger partial charge in [-0.15, -0.1) is 0 Å². The van der Waals surface area contributed by atoms with Crippen molar-refractivity contribution in [3.63, 3.8) is 0 Å². The first kappa shape index (κ1) is 24.3. The van der Waals surface area contributed by atoms with Crippen molar-refractivity contribution < 1.29 is 9.53 Å². The number of ether oxygens (including phenoxy) is 1. The van der Waals surface area contributed by atoms with Gasteiger partial charge >= 0.3 is 5.97 Å². The third-order valence-corrected chi connectivity index (χ3v) is 8.13. The van der Waals surface area contributed by atoms with Crippen molar-refractivity contribution in [1.29, 1.82) is 0 Å². The highest BCUT2D eigenvalue weighted by Gasteiger charge is 2.30. The van der Waals surface area contributed by atoms with Crippen molar-refractivity contribution in [2.24, 2.45) is 23.7 Å². The maximum Gasteiger partial charge on any atom is 0.338 e. The summed E-state index contributed by atoms with van der Waals surface area (Å²) in [6, 6.07) is 8.10. The highest BCUT2D eigenvalue weighted by molar-refractivity contribution is 5.89. The van der Waals surface area contributed by atoms with Crippen LogP contribution in [0.4, 0.5) is 0 Å². The summed E-state index contributed by atoms with van der Waals surface area (Å²) in [5, 5.41) is 0. The molecule has 2 aliphatic rings. The zero-order valence-corrected chi connectivity index (χ0v) is 20.2. The van der Waals surface area contributed by atoms with Crippen LogP contribution >= 0.6 is 0 Å². The van der Waals surface area contributed by atoms with Crippen molar-refractivity contribution >= 4 is 5.97 Å². The summed E-state index contributed by atoms with van der Waals surface area (Å²) in [6.07, 6.45) is 20.9. The Morgan fingerprint density at radius 1 is 0.774 bits per heavy atom. The van der Waals surface area contributed by atoms with Gasteiger partial charge in [-0.05, 0) is 86.3 Å². The van der Waals surface area contributed by atoms with Crippen LogP contribution in [0.2, 0.25) is 0 Å². The maximum absolute atomic E-state index is 11.9. The molecular formula is C29H46O2. The van der Waals surface area contributed by atoms with Gasteiger partial charge < -0.3 is 4.74 Å². The summed E-state index contributed by atoms with van der Waals surface area (Å²) < 4.78 is 5.22. The van der Waals surface area contributed by atoms with Gasteiger partial charge in [0.25, 0.3) is 0 Å². The fourth-order valence-corrected chi connectivity index (χ4v) is 6.04. The molecule has 0 spiro atoms. The molecule has 2 aliphatic carbocycles. The van der Waals surface area contributed by atoms with Crippen LogP contribution in [0.15, 0.2) is 24.3 Å². The topological polar surface area (TPSA) is 26.3 Å². The smallest absolute Gasteiger partial charge is 0.338 e. The highest BCUT2D eigenvalue weighted by atomic mass is 16.5. The fraction of sp³-hybridized carbons (Fsp3) is 0.759. The van der Waals surface area contributed by atoms with Crippen molar-refractivity contribution in [2.45, 2.75) is 110 Å². The second kappa shape index (κ2) is 13.3. The Hall–Kier alpha value is -1.31. The third-order valence-electron chi connectivity index (χ3n) is 8.13. The molecule has 0 unspecified atom stereocenters. The van der Waals surface area contributed by atoms with E-state index in [4.69, 9.17) is 4.74 Å². The molecule has 0 atom stereocenters. The molecule has 0 aromatic heterocycles. The van der Waals surface area contributed by atoms with Crippen molar-refractivity contribution in [3.8, 4) is 0 Å². The molecule has 0 N–H and O–H groups in total. The zero-order chi connectivity index (χ0) is 21.9. The number of esters is 1. The number of unbranched alkanes of at least 4 members (excludes halogenated alkanes) is 2. The predicted octanol–water partition coefficient (Wildman–Crippen LogP) is 8.38. The molecule has 1 aromatic rings. The van der Waals surface area contributed by atoms with Gasteiger partial charge in [0.05, 0.1) is 12.2 Å². The van der Waals surface area contributed by atoms with Gasteiger partial charge in [0.1, 0.15) is 0 Å². The quantitative estimate of drug-likeness (QED) is 0.262. The van der Waals surface area contributed by atoms with E-state index < -0.39 is 0 Å². The van der Waals surface area contributed by atoms with Gasteiger partial charge in [0.15, 0.2) is 0 Å². The van der Waals surface area contributed by atoms with Gasteiger partial charge in [0.2, 0.25) is 0 Å². The van der Waals surface area contributed by atoms with Gasteiger partial charge in [-0.25, -0.2) is 4.79 Å². The van der Waals surface area contributed by atoms with E-state index in [1.807, 2.05) is 19.1 Å². The van der Waals surface area contributed by atoms with E-state index in [1.165, 1.54) is 89.0 Å². The molecule has 0 saturated heterocycles. The lowest BCUT2D eigenvalue weighted by Gasteiger charge is -2.38. The predicted molar refractivity (Wildman–Crippen MR) is 130 cm³/mol. The van der Waals surface area contributed by atoms with E-state index in [-0.39, 0.29) is 5.97 Å². The molecule has 2 saturated carbocycles. The van der Waals surface area contributed by atoms with E-state index in [2.05, 4.69) is 19.1 Å². The molecule has 31 heavy (non-hydrogen) atoms. The molecule has 0 radical (unpaired) electrons. The minimum atomic E-state index is -0.193. The molecule has 0 aliphatic heterocycles. The standard InChI is InChI=1S/C29H46O2/c1-3-5-6-7-23-10-16-26(17-11-23)27-18-12-24(13-19-27)8-9-25-14-20-28(21-15-25)29(30)31-22-4-2/h14-15,20-21,23-24,26-27H,3-13,16-19,22H2,1-2H3. The molecule has 2 fully saturated rings. The van der Waals surface area contributed by atoms with E-state index >= 15 is 0 Å². The Morgan fingerprint density at radius 2 is 1.35 bits per heavy atom. The van der Waals surface area contributed by atoms with Gasteiger partial charge in [0, 0.05) is 0 Å². The summed E-state index contributed by atoms with van der Waals surface area (Å²) >= 11 is 0. The van der Waals surface area contributed by atoms with E-state index in [0.717, 1.165) is 36.5 Å². The summed E-state index contributed by atoms with van der Waals surface area (Å²) in [5.41, 5.74) is 2.04. The second-order valence-corrected chi connectivity index (χ2v) is 10.4. The molecule has 2 nitrogen and oxygen atoms in total. The monoisotopic (exact) mass is 426 g/mol. The molecule has 0 heterocycles. The number of aryl methyl sites for hydroxylation is 1. The lowest BCUT2D eigenvalue weighted by atomic mass is 9.68. The average molecular weight is 427 g/mol. The molecule has 0 amide bonds. The van der Waals surface area contributed by atoms with E-state index in [0.29, 0.717) is 12.2 Å². The average Bonchev–Trinajstić information content (AvgIpc) is 2.82. The Labute approximate surface area is 191 Å². The van der Waals surface area contributed by atoms with Crippen LogP contribution in [0, 0.1) is 23.7 Å². The van der Waals surface area contributed by atoms with E-state index in [1.54, 1.807) is 0 Å². The second-order valence-electron chi connectivity index (χ2n) is 10.4. The third kappa shape index (κ3) is 7.95. The molecule has 2 heteroatoms. The van der Waals surface area contributed by atoms with Crippen molar-refractivity contribution in [2.75, 3.05) is 6.61 Å². The van der Waals surface area contributed by atoms with Gasteiger partial charge in [-0.2, -0.15) is 0 Å². The van der Waals surface area contributed by atoms with Crippen LogP contribution in [0.25, 0.3) is 0 Å². The lowest BCUT2D eigenvalue weighted by molar-refractivity contribution is 0.0505. The van der Waals surface area contributed by atoms with E-state index in [9.17, 15) is 4.79 Å². The van der Waals surface area contributed by atoms with Crippen LogP contribution in [0.1, 0.15) is 120 Å². The Bertz CT molecular complexity index is 619. The van der Waals surface area contributed by atoms with Crippen LogP contribution in [0.3, 0.4) is 0 Å². The summed E-state index contributed by atoms with van der Waals surface area (Å²) in [7, 11) is 0. The van der Waals surface area contributed by atoms with Gasteiger partial charge in [-0.1, -0.05) is 77.3 Å². The number of carbonyl (C=O) groups is 1.